The molecule has 0 fully saturated rings. The molecule has 0 atom stereocenters. The van der Waals surface area contributed by atoms with Crippen LogP contribution < -0.4 is 9.47 Å². The van der Waals surface area contributed by atoms with Crippen molar-refractivity contribution in [3.8, 4) is 11.5 Å². The van der Waals surface area contributed by atoms with Crippen molar-refractivity contribution in [2.24, 2.45) is 0 Å². The third-order valence-electron chi connectivity index (χ3n) is 3.98. The Morgan fingerprint density at radius 3 is 2.39 bits per heavy atom. The Morgan fingerprint density at radius 2 is 1.83 bits per heavy atom. The van der Waals surface area contributed by atoms with Gasteiger partial charge in [-0.2, -0.15) is 0 Å². The monoisotopic (exact) mass is 315 g/mol. The summed E-state index contributed by atoms with van der Waals surface area (Å²) in [7, 11) is 1.60. The summed E-state index contributed by atoms with van der Waals surface area (Å²) in [4.78, 5) is 12.5. The number of hydrogen-bond donors (Lipinski definition) is 0. The molecule has 1 aromatic heterocycles. The summed E-state index contributed by atoms with van der Waals surface area (Å²) in [5.41, 5.74) is 3.89. The average Bonchev–Trinajstić information content (AvgIpc) is 2.80. The first kappa shape index (κ1) is 17.1. The molecule has 0 unspecified atom stereocenters. The molecule has 1 aromatic carbocycles. The van der Waals surface area contributed by atoms with E-state index in [-0.39, 0.29) is 12.4 Å². The molecule has 0 aliphatic carbocycles. The van der Waals surface area contributed by atoms with Gasteiger partial charge in [0.05, 0.1) is 7.11 Å². The summed E-state index contributed by atoms with van der Waals surface area (Å²) in [6, 6.07) is 7.93. The molecule has 2 aromatic rings. The van der Waals surface area contributed by atoms with Crippen LogP contribution in [0.15, 0.2) is 24.3 Å². The Bertz CT molecular complexity index is 714. The summed E-state index contributed by atoms with van der Waals surface area (Å²) in [6.45, 7) is 10.2. The minimum absolute atomic E-state index is 0.00180. The Hall–Kier alpha value is -2.23. The van der Waals surface area contributed by atoms with Crippen molar-refractivity contribution < 1.29 is 14.3 Å². The van der Waals surface area contributed by atoms with Crippen molar-refractivity contribution in [3.05, 3.63) is 46.8 Å². The molecule has 23 heavy (non-hydrogen) atoms. The quantitative estimate of drug-likeness (QED) is 0.748. The van der Waals surface area contributed by atoms with E-state index in [0.29, 0.717) is 17.5 Å². The molecule has 0 N–H and O–H groups in total. The van der Waals surface area contributed by atoms with Crippen molar-refractivity contribution in [2.45, 2.75) is 40.7 Å². The van der Waals surface area contributed by atoms with Gasteiger partial charge >= 0.3 is 0 Å². The maximum atomic E-state index is 12.5. The number of aryl methyl sites for hydroxylation is 2. The number of rotatable bonds is 6. The van der Waals surface area contributed by atoms with Crippen molar-refractivity contribution in [1.29, 1.82) is 0 Å². The normalized spacial score (nSPS) is 10.9. The number of methoxy groups -OCH3 is 1. The highest BCUT2D eigenvalue weighted by Crippen LogP contribution is 2.28. The molecule has 0 spiro atoms. The highest BCUT2D eigenvalue weighted by molar-refractivity contribution is 5.98. The van der Waals surface area contributed by atoms with Gasteiger partial charge in [-0.25, -0.2) is 0 Å². The van der Waals surface area contributed by atoms with Crippen LogP contribution in [0.5, 0.6) is 11.5 Å². The number of hydrogen-bond acceptors (Lipinski definition) is 3. The average molecular weight is 315 g/mol. The third-order valence-corrected chi connectivity index (χ3v) is 3.98. The second-order valence-corrected chi connectivity index (χ2v) is 6.11. The van der Waals surface area contributed by atoms with E-state index in [9.17, 15) is 4.79 Å². The number of benzene rings is 1. The molecule has 0 saturated heterocycles. The second kappa shape index (κ2) is 6.90. The van der Waals surface area contributed by atoms with Gasteiger partial charge in [0, 0.05) is 23.0 Å². The maximum Gasteiger partial charge on any atom is 0.202 e. The standard InChI is InChI=1S/C19H25NO3/c1-12(2)20-14(4)10-16(15(20)5)17(21)11-23-18-8-7-13(3)9-19(18)22-6/h7-10,12H,11H2,1-6H3. The van der Waals surface area contributed by atoms with Crippen molar-refractivity contribution in [3.63, 3.8) is 0 Å². The highest BCUT2D eigenvalue weighted by atomic mass is 16.5. The zero-order valence-electron chi connectivity index (χ0n) is 14.8. The third kappa shape index (κ3) is 3.58. The predicted molar refractivity (Wildman–Crippen MR) is 91.8 cm³/mol. The molecule has 0 aliphatic heterocycles. The van der Waals surface area contributed by atoms with Crippen LogP contribution in [-0.2, 0) is 0 Å². The Labute approximate surface area is 138 Å². The minimum Gasteiger partial charge on any atom is -0.493 e. The maximum absolute atomic E-state index is 12.5. The number of carbonyl (C=O) groups is 1. The van der Waals surface area contributed by atoms with Gasteiger partial charge in [-0.05, 0) is 58.4 Å². The van der Waals surface area contributed by atoms with Crippen LogP contribution in [0, 0.1) is 20.8 Å². The SMILES string of the molecule is COc1cc(C)ccc1OCC(=O)c1cc(C)n(C(C)C)c1C. The zero-order chi connectivity index (χ0) is 17.1. The van der Waals surface area contributed by atoms with E-state index in [2.05, 4.69) is 18.4 Å². The van der Waals surface area contributed by atoms with E-state index in [1.807, 2.05) is 45.0 Å². The smallest absolute Gasteiger partial charge is 0.202 e. The molecule has 0 amide bonds. The van der Waals surface area contributed by atoms with Crippen LogP contribution in [0.3, 0.4) is 0 Å². The van der Waals surface area contributed by atoms with Crippen LogP contribution in [0.4, 0.5) is 0 Å². The summed E-state index contributed by atoms with van der Waals surface area (Å²) in [5, 5.41) is 0. The van der Waals surface area contributed by atoms with Crippen LogP contribution >= 0.6 is 0 Å². The second-order valence-electron chi connectivity index (χ2n) is 6.11. The minimum atomic E-state index is -0.0207. The van der Waals surface area contributed by atoms with Gasteiger partial charge < -0.3 is 14.0 Å². The molecular weight excluding hydrogens is 290 g/mol. The van der Waals surface area contributed by atoms with E-state index in [1.54, 1.807) is 7.11 Å². The van der Waals surface area contributed by atoms with E-state index >= 15 is 0 Å². The van der Waals surface area contributed by atoms with Crippen molar-refractivity contribution >= 4 is 5.78 Å². The number of ether oxygens (including phenoxy) is 2. The van der Waals surface area contributed by atoms with Gasteiger partial charge in [-0.1, -0.05) is 6.07 Å². The number of aromatic nitrogens is 1. The first-order valence-corrected chi connectivity index (χ1v) is 7.84. The van der Waals surface area contributed by atoms with Gasteiger partial charge in [0.1, 0.15) is 0 Å². The number of nitrogens with zero attached hydrogens (tertiary/aromatic N) is 1. The molecule has 0 saturated carbocycles. The molecule has 4 nitrogen and oxygen atoms in total. The van der Waals surface area contributed by atoms with E-state index in [1.165, 1.54) is 0 Å². The number of carbonyl (C=O) groups excluding carboxylic acids is 1. The Balaban J connectivity index is 2.16. The summed E-state index contributed by atoms with van der Waals surface area (Å²) < 4.78 is 13.1. The van der Waals surface area contributed by atoms with E-state index in [0.717, 1.165) is 22.5 Å². The van der Waals surface area contributed by atoms with Crippen LogP contribution in [0.25, 0.3) is 0 Å². The lowest BCUT2D eigenvalue weighted by atomic mass is 10.1. The molecule has 0 radical (unpaired) electrons. The molecule has 4 heteroatoms. The fraction of sp³-hybridized carbons (Fsp3) is 0.421. The van der Waals surface area contributed by atoms with E-state index < -0.39 is 0 Å². The summed E-state index contributed by atoms with van der Waals surface area (Å²) >= 11 is 0. The van der Waals surface area contributed by atoms with Gasteiger partial charge in [0.2, 0.25) is 5.78 Å². The Morgan fingerprint density at radius 1 is 1.13 bits per heavy atom. The van der Waals surface area contributed by atoms with Crippen LogP contribution in [0.1, 0.15) is 47.2 Å². The lowest BCUT2D eigenvalue weighted by molar-refractivity contribution is 0.0918. The zero-order valence-corrected chi connectivity index (χ0v) is 14.8. The molecular formula is C19H25NO3. The first-order chi connectivity index (χ1) is 10.8. The summed E-state index contributed by atoms with van der Waals surface area (Å²) in [6.07, 6.45) is 0. The Kier molecular flexibility index (Phi) is 5.14. The topological polar surface area (TPSA) is 40.5 Å². The first-order valence-electron chi connectivity index (χ1n) is 7.84. The number of Topliss-reactive ketones (excluding diaryl/α,β-unsaturated/α-hetero) is 1. The van der Waals surface area contributed by atoms with Gasteiger partial charge in [-0.3, -0.25) is 4.79 Å². The molecule has 0 bridgehead atoms. The fourth-order valence-electron chi connectivity index (χ4n) is 2.97. The summed E-state index contributed by atoms with van der Waals surface area (Å²) in [5.74, 6) is 1.21. The van der Waals surface area contributed by atoms with Crippen LogP contribution in [-0.4, -0.2) is 24.1 Å². The molecule has 2 rings (SSSR count). The molecule has 124 valence electrons. The lowest BCUT2D eigenvalue weighted by Crippen LogP contribution is -2.13. The molecule has 1 heterocycles. The predicted octanol–water partition coefficient (Wildman–Crippen LogP) is 4.26. The largest absolute Gasteiger partial charge is 0.493 e. The van der Waals surface area contributed by atoms with Gasteiger partial charge in [-0.15, -0.1) is 0 Å². The van der Waals surface area contributed by atoms with E-state index in [4.69, 9.17) is 9.47 Å². The van der Waals surface area contributed by atoms with Crippen LogP contribution in [0.2, 0.25) is 0 Å². The van der Waals surface area contributed by atoms with Gasteiger partial charge in [0.25, 0.3) is 0 Å². The number of ketones is 1. The van der Waals surface area contributed by atoms with Crippen molar-refractivity contribution in [2.75, 3.05) is 13.7 Å². The lowest BCUT2D eigenvalue weighted by Gasteiger charge is -2.14. The van der Waals surface area contributed by atoms with Gasteiger partial charge in [0.15, 0.2) is 18.1 Å². The highest BCUT2D eigenvalue weighted by Gasteiger charge is 2.18. The molecule has 0 aliphatic rings. The van der Waals surface area contributed by atoms with Crippen molar-refractivity contribution in [1.82, 2.24) is 4.57 Å². The fourth-order valence-corrected chi connectivity index (χ4v) is 2.97.